The lowest BCUT2D eigenvalue weighted by Crippen LogP contribution is -2.29. The van der Waals surface area contributed by atoms with Gasteiger partial charge in [0.1, 0.15) is 0 Å². The van der Waals surface area contributed by atoms with E-state index in [1.807, 2.05) is 20.8 Å². The molecule has 0 aliphatic rings. The van der Waals surface area contributed by atoms with Crippen LogP contribution in [0, 0.1) is 5.92 Å². The number of benzene rings is 2. The molecular formula is C24H26N4O5. The van der Waals surface area contributed by atoms with Gasteiger partial charge in [-0.15, -0.1) is 0 Å². The van der Waals surface area contributed by atoms with Gasteiger partial charge in [-0.2, -0.15) is 5.10 Å². The van der Waals surface area contributed by atoms with Gasteiger partial charge in [-0.25, -0.2) is 9.48 Å². The Kier molecular flexibility index (Phi) is 7.55. The first-order valence-corrected chi connectivity index (χ1v) is 10.6. The second kappa shape index (κ2) is 10.5. The number of hydrogen-bond donors (Lipinski definition) is 2. The van der Waals surface area contributed by atoms with Gasteiger partial charge in [-0.1, -0.05) is 38.1 Å². The number of esters is 1. The van der Waals surface area contributed by atoms with E-state index in [9.17, 15) is 19.2 Å². The number of carbonyl (C=O) groups is 3. The molecule has 0 atom stereocenters. The molecule has 33 heavy (non-hydrogen) atoms. The summed E-state index contributed by atoms with van der Waals surface area (Å²) in [5.41, 5.74) is 0.473. The normalized spacial score (nSPS) is 10.8. The predicted octanol–water partition coefficient (Wildman–Crippen LogP) is 2.60. The van der Waals surface area contributed by atoms with Gasteiger partial charge in [-0.3, -0.25) is 14.4 Å². The summed E-state index contributed by atoms with van der Waals surface area (Å²) in [6.45, 7) is 5.96. The summed E-state index contributed by atoms with van der Waals surface area (Å²) < 4.78 is 6.42. The highest BCUT2D eigenvalue weighted by molar-refractivity contribution is 6.03. The van der Waals surface area contributed by atoms with Gasteiger partial charge in [0, 0.05) is 29.7 Å². The van der Waals surface area contributed by atoms with E-state index in [1.165, 1.54) is 10.7 Å². The van der Waals surface area contributed by atoms with Gasteiger partial charge in [-0.05, 0) is 37.1 Å². The van der Waals surface area contributed by atoms with Crippen molar-refractivity contribution in [2.24, 2.45) is 5.92 Å². The van der Waals surface area contributed by atoms with Crippen molar-refractivity contribution < 1.29 is 19.1 Å². The number of aromatic nitrogens is 2. The van der Waals surface area contributed by atoms with Crippen LogP contribution in [0.25, 0.3) is 10.8 Å². The summed E-state index contributed by atoms with van der Waals surface area (Å²) in [4.78, 5) is 49.7. The highest BCUT2D eigenvalue weighted by Crippen LogP contribution is 2.15. The Balaban J connectivity index is 1.74. The average molecular weight is 450 g/mol. The first-order valence-electron chi connectivity index (χ1n) is 10.6. The maximum absolute atomic E-state index is 12.7. The quantitative estimate of drug-likeness (QED) is 0.509. The number of nitrogens with one attached hydrogen (secondary N) is 2. The molecule has 9 nitrogen and oxygen atoms in total. The number of hydrogen-bond acceptors (Lipinski definition) is 6. The smallest absolute Gasteiger partial charge is 0.359 e. The van der Waals surface area contributed by atoms with Crippen LogP contribution in [0.5, 0.6) is 0 Å². The van der Waals surface area contributed by atoms with Gasteiger partial charge in [0.25, 0.3) is 17.4 Å². The van der Waals surface area contributed by atoms with E-state index in [4.69, 9.17) is 4.74 Å². The van der Waals surface area contributed by atoms with Crippen LogP contribution in [0.15, 0.2) is 53.3 Å². The maximum atomic E-state index is 12.7. The topological polar surface area (TPSA) is 119 Å². The van der Waals surface area contributed by atoms with Gasteiger partial charge in [0.05, 0.1) is 5.39 Å². The Morgan fingerprint density at radius 3 is 2.48 bits per heavy atom. The van der Waals surface area contributed by atoms with E-state index in [1.54, 1.807) is 42.5 Å². The molecule has 2 aromatic carbocycles. The van der Waals surface area contributed by atoms with Gasteiger partial charge in [0.15, 0.2) is 12.3 Å². The highest BCUT2D eigenvalue weighted by atomic mass is 16.5. The number of ether oxygens (including phenoxy) is 1. The lowest BCUT2D eigenvalue weighted by molar-refractivity contribution is -0.119. The van der Waals surface area contributed by atoms with Crippen molar-refractivity contribution in [1.29, 1.82) is 0 Å². The molecule has 3 rings (SSSR count). The molecule has 0 aliphatic carbocycles. The monoisotopic (exact) mass is 450 g/mol. The molecule has 1 heterocycles. The van der Waals surface area contributed by atoms with Crippen LogP contribution in [0.4, 0.5) is 5.69 Å². The van der Waals surface area contributed by atoms with E-state index in [2.05, 4.69) is 15.7 Å². The molecule has 0 aliphatic heterocycles. The first kappa shape index (κ1) is 23.6. The summed E-state index contributed by atoms with van der Waals surface area (Å²) in [6.07, 6.45) is 0. The Labute approximate surface area is 190 Å². The minimum absolute atomic E-state index is 0.0307. The fourth-order valence-corrected chi connectivity index (χ4v) is 3.25. The van der Waals surface area contributed by atoms with Crippen LogP contribution in [0.2, 0.25) is 0 Å². The summed E-state index contributed by atoms with van der Waals surface area (Å²) in [6, 6.07) is 13.1. The van der Waals surface area contributed by atoms with Crippen LogP contribution in [-0.4, -0.2) is 40.7 Å². The Bertz CT molecular complexity index is 1250. The number of nitrogens with zero attached hydrogens (tertiary/aromatic N) is 2. The molecule has 3 aromatic rings. The minimum Gasteiger partial charge on any atom is -0.451 e. The molecule has 0 fully saturated rings. The molecule has 2 N–H and O–H groups in total. The van der Waals surface area contributed by atoms with Gasteiger partial charge >= 0.3 is 5.97 Å². The zero-order chi connectivity index (χ0) is 24.0. The summed E-state index contributed by atoms with van der Waals surface area (Å²) in [7, 11) is 0. The largest absolute Gasteiger partial charge is 0.451 e. The SMILES string of the molecule is CCNC(=O)c1cccc(NC(=O)COC(=O)c2nn(CC(C)C)c(=O)c3ccccc23)c1. The van der Waals surface area contributed by atoms with Crippen LogP contribution >= 0.6 is 0 Å². The molecule has 1 aromatic heterocycles. The summed E-state index contributed by atoms with van der Waals surface area (Å²) >= 11 is 0. The van der Waals surface area contributed by atoms with E-state index in [0.29, 0.717) is 35.1 Å². The van der Waals surface area contributed by atoms with Crippen molar-refractivity contribution in [3.05, 3.63) is 70.1 Å². The highest BCUT2D eigenvalue weighted by Gasteiger charge is 2.19. The zero-order valence-corrected chi connectivity index (χ0v) is 18.8. The molecule has 0 spiro atoms. The van der Waals surface area contributed by atoms with Crippen LogP contribution in [0.1, 0.15) is 41.6 Å². The number of carbonyl (C=O) groups excluding carboxylic acids is 3. The van der Waals surface area contributed by atoms with E-state index >= 15 is 0 Å². The standard InChI is InChI=1S/C24H26N4O5/c1-4-25-22(30)16-8-7-9-17(12-16)26-20(29)14-33-24(32)21-18-10-5-6-11-19(18)23(31)28(27-21)13-15(2)3/h5-12,15H,4,13-14H2,1-3H3,(H,25,30)(H,26,29). The lowest BCUT2D eigenvalue weighted by Gasteiger charge is -2.12. The van der Waals surface area contributed by atoms with Crippen LogP contribution in [-0.2, 0) is 16.1 Å². The minimum atomic E-state index is -0.810. The molecule has 0 radical (unpaired) electrons. The van der Waals surface area contributed by atoms with E-state index in [0.717, 1.165) is 0 Å². The molecule has 172 valence electrons. The third kappa shape index (κ3) is 5.82. The van der Waals surface area contributed by atoms with Gasteiger partial charge in [0.2, 0.25) is 0 Å². The molecule has 0 saturated heterocycles. The fraction of sp³-hybridized carbons (Fsp3) is 0.292. The number of fused-ring (bicyclic) bond motifs is 1. The van der Waals surface area contributed by atoms with Crippen molar-refractivity contribution in [2.45, 2.75) is 27.3 Å². The molecule has 9 heteroatoms. The zero-order valence-electron chi connectivity index (χ0n) is 18.8. The maximum Gasteiger partial charge on any atom is 0.359 e. The molecule has 0 bridgehead atoms. The molecule has 0 saturated carbocycles. The van der Waals surface area contributed by atoms with Gasteiger partial charge < -0.3 is 15.4 Å². The first-order chi connectivity index (χ1) is 15.8. The number of anilines is 1. The fourth-order valence-electron chi connectivity index (χ4n) is 3.25. The van der Waals surface area contributed by atoms with Crippen molar-refractivity contribution in [3.63, 3.8) is 0 Å². The Morgan fingerprint density at radius 2 is 1.79 bits per heavy atom. The van der Waals surface area contributed by atoms with E-state index in [-0.39, 0.29) is 23.1 Å². The van der Waals surface area contributed by atoms with Crippen LogP contribution in [0.3, 0.4) is 0 Å². The Morgan fingerprint density at radius 1 is 1.06 bits per heavy atom. The van der Waals surface area contributed by atoms with E-state index < -0.39 is 18.5 Å². The second-order valence-electron chi connectivity index (χ2n) is 7.84. The third-order valence-electron chi connectivity index (χ3n) is 4.68. The predicted molar refractivity (Wildman–Crippen MR) is 124 cm³/mol. The summed E-state index contributed by atoms with van der Waals surface area (Å²) in [5, 5.41) is 10.2. The number of amides is 2. The number of rotatable bonds is 8. The third-order valence-corrected chi connectivity index (χ3v) is 4.68. The Hall–Kier alpha value is -4.01. The van der Waals surface area contributed by atoms with Crippen molar-refractivity contribution >= 4 is 34.2 Å². The van der Waals surface area contributed by atoms with Crippen LogP contribution < -0.4 is 16.2 Å². The van der Waals surface area contributed by atoms with Crippen molar-refractivity contribution in [1.82, 2.24) is 15.1 Å². The second-order valence-corrected chi connectivity index (χ2v) is 7.84. The van der Waals surface area contributed by atoms with Crippen molar-refractivity contribution in [3.8, 4) is 0 Å². The summed E-state index contributed by atoms with van der Waals surface area (Å²) in [5.74, 6) is -1.50. The average Bonchev–Trinajstić information content (AvgIpc) is 2.79. The molecule has 2 amide bonds. The molecule has 0 unspecified atom stereocenters. The lowest BCUT2D eigenvalue weighted by atomic mass is 10.1. The molecular weight excluding hydrogens is 424 g/mol. The van der Waals surface area contributed by atoms with Crippen molar-refractivity contribution in [2.75, 3.05) is 18.5 Å².